The average Bonchev–Trinajstić information content (AvgIpc) is 3.58. The molecule has 9 nitrogen and oxygen atoms in total. The van der Waals surface area contributed by atoms with E-state index < -0.39 is 0 Å². The number of carbonyl (C=O) groups excluding carboxylic acids is 1. The molecule has 216 valence electrons. The van der Waals surface area contributed by atoms with Gasteiger partial charge in [-0.05, 0) is 107 Å². The van der Waals surface area contributed by atoms with Crippen molar-refractivity contribution in [3.8, 4) is 11.7 Å². The summed E-state index contributed by atoms with van der Waals surface area (Å²) in [6.45, 7) is 6.94. The van der Waals surface area contributed by atoms with Gasteiger partial charge in [-0.3, -0.25) is 9.52 Å². The van der Waals surface area contributed by atoms with Crippen LogP contribution in [-0.4, -0.2) is 50.9 Å². The van der Waals surface area contributed by atoms with Crippen molar-refractivity contribution >= 4 is 29.5 Å². The standard InChI is InChI=1S/C31H39N7O2S/c1-30(2)19-21-5-4-16-32-24-6-3-7-27(33-24)41-36-29(39)23-8-9-25(34-28(23)37(30)20-21)38-17-11-26(35-38)40-18-12-22-10-13-31(22)14-15-31/h3,6-9,11,17,21-22H,4-5,10,12-16,18-20H2,1-2H3,(H,32,33)(H,36,39). The minimum atomic E-state index is -0.188. The maximum atomic E-state index is 13.5. The van der Waals surface area contributed by atoms with Crippen LogP contribution in [0.5, 0.6) is 5.88 Å². The molecule has 1 spiro atoms. The van der Waals surface area contributed by atoms with Gasteiger partial charge in [0.05, 0.1) is 12.2 Å². The van der Waals surface area contributed by atoms with Gasteiger partial charge in [0.25, 0.3) is 5.91 Å². The molecule has 2 aliphatic carbocycles. The summed E-state index contributed by atoms with van der Waals surface area (Å²) < 4.78 is 10.8. The molecule has 0 radical (unpaired) electrons. The van der Waals surface area contributed by atoms with E-state index >= 15 is 0 Å². The van der Waals surface area contributed by atoms with E-state index in [4.69, 9.17) is 9.72 Å². The molecular weight excluding hydrogens is 534 g/mol. The van der Waals surface area contributed by atoms with Crippen molar-refractivity contribution in [2.45, 2.75) is 75.8 Å². The molecule has 5 heterocycles. The molecule has 3 fully saturated rings. The summed E-state index contributed by atoms with van der Waals surface area (Å²) in [5.74, 6) is 3.97. The molecule has 2 aliphatic heterocycles. The Kier molecular flexibility index (Phi) is 6.84. The predicted octanol–water partition coefficient (Wildman–Crippen LogP) is 5.87. The third kappa shape index (κ3) is 5.38. The fourth-order valence-corrected chi connectivity index (χ4v) is 7.67. The first-order valence-electron chi connectivity index (χ1n) is 15.0. The van der Waals surface area contributed by atoms with E-state index in [2.05, 4.69) is 38.9 Å². The molecule has 2 unspecified atom stereocenters. The topological polar surface area (TPSA) is 97.2 Å². The summed E-state index contributed by atoms with van der Waals surface area (Å²) in [6, 6.07) is 11.5. The number of hydrogen-bond acceptors (Lipinski definition) is 8. The fourth-order valence-electron chi connectivity index (χ4n) is 7.08. The zero-order valence-corrected chi connectivity index (χ0v) is 24.8. The van der Waals surface area contributed by atoms with Gasteiger partial charge in [0.15, 0.2) is 5.82 Å². The van der Waals surface area contributed by atoms with E-state index in [0.717, 1.165) is 55.5 Å². The molecule has 3 aromatic rings. The van der Waals surface area contributed by atoms with Crippen molar-refractivity contribution in [3.63, 3.8) is 0 Å². The normalized spacial score (nSPS) is 24.3. The Morgan fingerprint density at radius 3 is 2.83 bits per heavy atom. The number of rotatable bonds is 5. The quantitative estimate of drug-likeness (QED) is 0.366. The van der Waals surface area contributed by atoms with Crippen LogP contribution in [-0.2, 0) is 0 Å². The zero-order chi connectivity index (χ0) is 28.0. The zero-order valence-electron chi connectivity index (χ0n) is 23.9. The Balaban J connectivity index is 1.14. The van der Waals surface area contributed by atoms with Gasteiger partial charge in [-0.2, -0.15) is 0 Å². The van der Waals surface area contributed by atoms with E-state index in [1.807, 2.05) is 42.6 Å². The van der Waals surface area contributed by atoms with Crippen LogP contribution < -0.4 is 19.7 Å². The number of carbonyl (C=O) groups is 1. The minimum absolute atomic E-state index is 0.131. The van der Waals surface area contributed by atoms with Crippen LogP contribution in [0, 0.1) is 17.3 Å². The van der Waals surface area contributed by atoms with Gasteiger partial charge in [-0.25, -0.2) is 14.6 Å². The molecule has 1 amide bonds. The number of nitrogens with one attached hydrogen (secondary N) is 2. The van der Waals surface area contributed by atoms with Crippen molar-refractivity contribution in [1.82, 2.24) is 24.5 Å². The number of ether oxygens (including phenoxy) is 1. The lowest BCUT2D eigenvalue weighted by Crippen LogP contribution is -2.40. The number of nitrogens with zero attached hydrogens (tertiary/aromatic N) is 5. The Hall–Kier alpha value is -3.27. The lowest BCUT2D eigenvalue weighted by molar-refractivity contribution is 0.0984. The van der Waals surface area contributed by atoms with E-state index in [1.54, 1.807) is 4.68 Å². The smallest absolute Gasteiger partial charge is 0.265 e. The highest BCUT2D eigenvalue weighted by Crippen LogP contribution is 2.65. The third-order valence-corrected chi connectivity index (χ3v) is 10.4. The highest BCUT2D eigenvalue weighted by molar-refractivity contribution is 7.97. The molecule has 41 heavy (non-hydrogen) atoms. The maximum Gasteiger partial charge on any atom is 0.265 e. The first-order chi connectivity index (χ1) is 19.9. The first kappa shape index (κ1) is 26.6. The number of hydrogen-bond donors (Lipinski definition) is 2. The van der Waals surface area contributed by atoms with Crippen LogP contribution in [0.25, 0.3) is 5.82 Å². The predicted molar refractivity (Wildman–Crippen MR) is 161 cm³/mol. The molecular formula is C31H39N7O2S. The molecule has 4 aliphatic rings. The first-order valence-corrected chi connectivity index (χ1v) is 15.9. The Labute approximate surface area is 246 Å². The highest BCUT2D eigenvalue weighted by atomic mass is 32.2. The van der Waals surface area contributed by atoms with Crippen LogP contribution in [0.15, 0.2) is 47.6 Å². The van der Waals surface area contributed by atoms with Crippen molar-refractivity contribution in [2.75, 3.05) is 29.9 Å². The van der Waals surface area contributed by atoms with E-state index in [9.17, 15) is 4.79 Å². The second kappa shape index (κ2) is 10.5. The molecule has 0 aromatic carbocycles. The van der Waals surface area contributed by atoms with Gasteiger partial charge in [-0.15, -0.1) is 5.10 Å². The summed E-state index contributed by atoms with van der Waals surface area (Å²) in [5.41, 5.74) is 1.09. The van der Waals surface area contributed by atoms with Crippen molar-refractivity contribution in [2.24, 2.45) is 17.3 Å². The van der Waals surface area contributed by atoms with Crippen molar-refractivity contribution in [1.29, 1.82) is 0 Å². The SMILES string of the molecule is CC1(C)CC2CCCNc3cccc(n3)SNC(=O)c3ccc(-n4ccc(OCCC5CCC56CC6)n4)nc3N1C2. The summed E-state index contributed by atoms with van der Waals surface area (Å²) in [6.07, 6.45) is 11.8. The van der Waals surface area contributed by atoms with Crippen LogP contribution in [0.4, 0.5) is 11.6 Å². The molecule has 10 heteroatoms. The molecule has 7 rings (SSSR count). The Morgan fingerprint density at radius 2 is 2.00 bits per heavy atom. The monoisotopic (exact) mass is 573 g/mol. The molecule has 2 saturated carbocycles. The molecule has 1 saturated heterocycles. The summed E-state index contributed by atoms with van der Waals surface area (Å²) in [4.78, 5) is 25.6. The summed E-state index contributed by atoms with van der Waals surface area (Å²) in [5, 5.41) is 8.85. The number of pyridine rings is 2. The van der Waals surface area contributed by atoms with E-state index in [0.29, 0.717) is 41.0 Å². The highest BCUT2D eigenvalue weighted by Gasteiger charge is 2.54. The number of anilines is 2. The second-order valence-corrected chi connectivity index (χ2v) is 13.7. The van der Waals surface area contributed by atoms with Crippen LogP contribution in [0.2, 0.25) is 0 Å². The summed E-state index contributed by atoms with van der Waals surface area (Å²) >= 11 is 1.22. The number of aromatic nitrogens is 4. The van der Waals surface area contributed by atoms with Gasteiger partial charge in [0.1, 0.15) is 16.7 Å². The number of amides is 1. The lowest BCUT2D eigenvalue weighted by atomic mass is 9.69. The largest absolute Gasteiger partial charge is 0.477 e. The fraction of sp³-hybridized carbons (Fsp3) is 0.548. The van der Waals surface area contributed by atoms with Gasteiger partial charge in [0.2, 0.25) is 5.88 Å². The Morgan fingerprint density at radius 1 is 1.10 bits per heavy atom. The van der Waals surface area contributed by atoms with Crippen LogP contribution >= 0.6 is 11.9 Å². The van der Waals surface area contributed by atoms with Gasteiger partial charge in [-0.1, -0.05) is 6.07 Å². The summed E-state index contributed by atoms with van der Waals surface area (Å²) in [7, 11) is 0. The lowest BCUT2D eigenvalue weighted by Gasteiger charge is -2.37. The van der Waals surface area contributed by atoms with Crippen LogP contribution in [0.3, 0.4) is 0 Å². The van der Waals surface area contributed by atoms with Gasteiger partial charge >= 0.3 is 0 Å². The van der Waals surface area contributed by atoms with Gasteiger partial charge in [0, 0.05) is 42.8 Å². The third-order valence-electron chi connectivity index (χ3n) is 9.65. The average molecular weight is 574 g/mol. The molecule has 3 aromatic heterocycles. The van der Waals surface area contributed by atoms with Crippen LogP contribution in [0.1, 0.15) is 75.6 Å². The number of fused-ring (bicyclic) bond motifs is 6. The van der Waals surface area contributed by atoms with E-state index in [1.165, 1.54) is 37.6 Å². The molecule has 2 N–H and O–H groups in total. The molecule has 4 bridgehead atoms. The minimum Gasteiger partial charge on any atom is -0.477 e. The maximum absolute atomic E-state index is 13.5. The van der Waals surface area contributed by atoms with Crippen molar-refractivity contribution < 1.29 is 9.53 Å². The van der Waals surface area contributed by atoms with Crippen molar-refractivity contribution in [3.05, 3.63) is 48.2 Å². The van der Waals surface area contributed by atoms with E-state index in [-0.39, 0.29) is 11.4 Å². The Bertz CT molecular complexity index is 1440. The molecule has 2 atom stereocenters. The van der Waals surface area contributed by atoms with Gasteiger partial charge < -0.3 is 15.0 Å². The second-order valence-electron chi connectivity index (χ2n) is 12.8.